The van der Waals surface area contributed by atoms with Gasteiger partial charge in [0.05, 0.1) is 12.6 Å². The molecule has 0 fully saturated rings. The second-order valence-electron chi connectivity index (χ2n) is 6.52. The van der Waals surface area contributed by atoms with Gasteiger partial charge in [-0.05, 0) is 29.7 Å². The van der Waals surface area contributed by atoms with E-state index in [1.165, 1.54) is 12.1 Å². The Balaban J connectivity index is 1.61. The van der Waals surface area contributed by atoms with Gasteiger partial charge in [-0.2, -0.15) is 5.10 Å². The maximum absolute atomic E-state index is 12.8. The van der Waals surface area contributed by atoms with Crippen LogP contribution in [-0.2, 0) is 6.54 Å². The van der Waals surface area contributed by atoms with Crippen molar-refractivity contribution in [2.45, 2.75) is 25.4 Å². The topological polar surface area (TPSA) is 63.7 Å². The van der Waals surface area contributed by atoms with E-state index in [1.807, 2.05) is 23.2 Å². The first-order chi connectivity index (χ1) is 13.4. The van der Waals surface area contributed by atoms with Crippen LogP contribution >= 0.6 is 0 Å². The van der Waals surface area contributed by atoms with Crippen LogP contribution in [0.3, 0.4) is 0 Å². The van der Waals surface area contributed by atoms with E-state index in [2.05, 4.69) is 14.8 Å². The summed E-state index contributed by atoms with van der Waals surface area (Å²) < 4.78 is 42.5. The first kappa shape index (κ1) is 18.1. The number of hydrazone groups is 1. The lowest BCUT2D eigenvalue weighted by Crippen LogP contribution is -2.30. The molecule has 1 aromatic carbocycles. The molecule has 144 valence electrons. The molecule has 2 aliphatic rings. The Morgan fingerprint density at radius 1 is 1.14 bits per heavy atom. The minimum atomic E-state index is -4.75. The van der Waals surface area contributed by atoms with Crippen LogP contribution in [0.4, 0.5) is 13.2 Å². The SMILES string of the molecule is NC1=NN(Cc2cccnc2)C2CC(c3ccccc3OC(F)(F)F)=CC=C12. The van der Waals surface area contributed by atoms with E-state index >= 15 is 0 Å². The van der Waals surface area contributed by atoms with E-state index in [1.54, 1.807) is 30.6 Å². The molecular formula is C20H17F3N4O. The standard InChI is InChI=1S/C20H17F3N4O/c21-20(22,23)28-18-6-2-1-5-15(18)14-7-8-16-17(10-14)27(26-19(16)24)12-13-4-3-9-25-11-13/h1-9,11,17H,10,12H2,(H2,24,26). The number of rotatable bonds is 4. The van der Waals surface area contributed by atoms with E-state index in [9.17, 15) is 13.2 Å². The van der Waals surface area contributed by atoms with E-state index < -0.39 is 6.36 Å². The summed E-state index contributed by atoms with van der Waals surface area (Å²) in [5, 5.41) is 6.27. The molecule has 0 radical (unpaired) electrons. The fourth-order valence-corrected chi connectivity index (χ4v) is 3.45. The first-order valence-corrected chi connectivity index (χ1v) is 8.66. The number of benzene rings is 1. The van der Waals surface area contributed by atoms with Crippen molar-refractivity contribution in [1.29, 1.82) is 0 Å². The summed E-state index contributed by atoms with van der Waals surface area (Å²) in [4.78, 5) is 4.10. The summed E-state index contributed by atoms with van der Waals surface area (Å²) in [5.74, 6) is 0.202. The second kappa shape index (κ2) is 7.03. The number of hydrogen-bond acceptors (Lipinski definition) is 5. The predicted octanol–water partition coefficient (Wildman–Crippen LogP) is 3.85. The van der Waals surface area contributed by atoms with Gasteiger partial charge in [-0.3, -0.25) is 9.99 Å². The zero-order valence-electron chi connectivity index (χ0n) is 14.7. The fraction of sp³-hybridized carbons (Fsp3) is 0.200. The van der Waals surface area contributed by atoms with Gasteiger partial charge in [0.15, 0.2) is 0 Å². The monoisotopic (exact) mass is 386 g/mol. The number of nitrogens with two attached hydrogens (primary N) is 1. The third-order valence-corrected chi connectivity index (χ3v) is 4.65. The third kappa shape index (κ3) is 3.71. The smallest absolute Gasteiger partial charge is 0.405 e. The second-order valence-corrected chi connectivity index (χ2v) is 6.52. The highest BCUT2D eigenvalue weighted by Crippen LogP contribution is 2.38. The van der Waals surface area contributed by atoms with Gasteiger partial charge in [-0.1, -0.05) is 36.4 Å². The van der Waals surface area contributed by atoms with Crippen LogP contribution < -0.4 is 10.5 Å². The molecule has 0 saturated heterocycles. The number of para-hydroxylation sites is 1. The van der Waals surface area contributed by atoms with Crippen LogP contribution in [0.2, 0.25) is 0 Å². The molecule has 0 amide bonds. The van der Waals surface area contributed by atoms with Crippen LogP contribution in [-0.4, -0.2) is 28.2 Å². The molecule has 1 unspecified atom stereocenters. The molecule has 0 bridgehead atoms. The molecule has 4 rings (SSSR count). The van der Waals surface area contributed by atoms with Crippen molar-refractivity contribution in [3.05, 3.63) is 77.6 Å². The third-order valence-electron chi connectivity index (χ3n) is 4.65. The van der Waals surface area contributed by atoms with Crippen molar-refractivity contribution in [1.82, 2.24) is 9.99 Å². The highest BCUT2D eigenvalue weighted by atomic mass is 19.4. The maximum Gasteiger partial charge on any atom is 0.573 e. The number of pyridine rings is 1. The van der Waals surface area contributed by atoms with E-state index in [0.717, 1.165) is 16.7 Å². The minimum Gasteiger partial charge on any atom is -0.405 e. The Kier molecular flexibility index (Phi) is 4.54. The maximum atomic E-state index is 12.8. The molecule has 1 aromatic heterocycles. The zero-order chi connectivity index (χ0) is 19.7. The number of aromatic nitrogens is 1. The zero-order valence-corrected chi connectivity index (χ0v) is 14.7. The van der Waals surface area contributed by atoms with Crippen LogP contribution in [0.25, 0.3) is 5.57 Å². The Bertz CT molecular complexity index is 967. The molecule has 1 aliphatic heterocycles. The first-order valence-electron chi connectivity index (χ1n) is 8.66. The Morgan fingerprint density at radius 2 is 1.96 bits per heavy atom. The highest BCUT2D eigenvalue weighted by Gasteiger charge is 2.35. The lowest BCUT2D eigenvalue weighted by Gasteiger charge is -2.28. The van der Waals surface area contributed by atoms with Crippen molar-refractivity contribution < 1.29 is 17.9 Å². The van der Waals surface area contributed by atoms with Crippen LogP contribution in [0.5, 0.6) is 5.75 Å². The van der Waals surface area contributed by atoms with E-state index in [-0.39, 0.29) is 11.8 Å². The number of halogens is 3. The fourth-order valence-electron chi connectivity index (χ4n) is 3.45. The summed E-state index contributed by atoms with van der Waals surface area (Å²) in [6.07, 6.45) is 2.75. The number of alkyl halides is 3. The van der Waals surface area contributed by atoms with Gasteiger partial charge in [0.2, 0.25) is 0 Å². The highest BCUT2D eigenvalue weighted by molar-refractivity contribution is 6.01. The van der Waals surface area contributed by atoms with Gasteiger partial charge in [0, 0.05) is 23.5 Å². The van der Waals surface area contributed by atoms with Crippen LogP contribution in [0, 0.1) is 0 Å². The molecule has 2 N–H and O–H groups in total. The molecular weight excluding hydrogens is 369 g/mol. The lowest BCUT2D eigenvalue weighted by molar-refractivity contribution is -0.274. The molecule has 2 aromatic rings. The van der Waals surface area contributed by atoms with Crippen molar-refractivity contribution in [3.8, 4) is 5.75 Å². The number of allylic oxidation sites excluding steroid dienone is 2. The van der Waals surface area contributed by atoms with Crippen molar-refractivity contribution in [2.75, 3.05) is 0 Å². The molecule has 28 heavy (non-hydrogen) atoms. The quantitative estimate of drug-likeness (QED) is 0.867. The van der Waals surface area contributed by atoms with Crippen LogP contribution in [0.15, 0.2) is 71.6 Å². The summed E-state index contributed by atoms with van der Waals surface area (Å²) in [6.45, 7) is 0.504. The Morgan fingerprint density at radius 3 is 2.71 bits per heavy atom. The Labute approximate surface area is 159 Å². The minimum absolute atomic E-state index is 0.154. The molecule has 5 nitrogen and oxygen atoms in total. The van der Waals surface area contributed by atoms with Gasteiger partial charge >= 0.3 is 6.36 Å². The van der Waals surface area contributed by atoms with Crippen molar-refractivity contribution in [3.63, 3.8) is 0 Å². The predicted molar refractivity (Wildman–Crippen MR) is 99.0 cm³/mol. The molecule has 0 saturated carbocycles. The normalized spacial score (nSPS) is 18.9. The van der Waals surface area contributed by atoms with Crippen LogP contribution in [0.1, 0.15) is 17.5 Å². The van der Waals surface area contributed by atoms with E-state index in [0.29, 0.717) is 24.4 Å². The van der Waals surface area contributed by atoms with Gasteiger partial charge in [0.25, 0.3) is 0 Å². The van der Waals surface area contributed by atoms with Gasteiger partial charge in [-0.15, -0.1) is 13.2 Å². The average molecular weight is 386 g/mol. The number of fused-ring (bicyclic) bond motifs is 1. The molecule has 1 aliphatic carbocycles. The Hall–Kier alpha value is -3.29. The molecule has 8 heteroatoms. The summed E-state index contributed by atoms with van der Waals surface area (Å²) in [5.41, 5.74) is 9.02. The summed E-state index contributed by atoms with van der Waals surface area (Å²) in [7, 11) is 0. The number of amidine groups is 1. The van der Waals surface area contributed by atoms with Crippen molar-refractivity contribution in [2.24, 2.45) is 10.8 Å². The molecule has 2 heterocycles. The van der Waals surface area contributed by atoms with Gasteiger partial charge in [-0.25, -0.2) is 0 Å². The van der Waals surface area contributed by atoms with Gasteiger partial charge in [0.1, 0.15) is 11.6 Å². The summed E-state index contributed by atoms with van der Waals surface area (Å²) >= 11 is 0. The number of hydrogen-bond donors (Lipinski definition) is 1. The average Bonchev–Trinajstić information content (AvgIpc) is 2.97. The molecule has 0 spiro atoms. The lowest BCUT2D eigenvalue weighted by atomic mass is 9.88. The van der Waals surface area contributed by atoms with Crippen molar-refractivity contribution >= 4 is 11.4 Å². The van der Waals surface area contributed by atoms with Gasteiger partial charge < -0.3 is 10.5 Å². The van der Waals surface area contributed by atoms with E-state index in [4.69, 9.17) is 5.73 Å². The largest absolute Gasteiger partial charge is 0.573 e. The summed E-state index contributed by atoms with van der Waals surface area (Å²) in [6, 6.07) is 9.76. The number of nitrogens with zero attached hydrogens (tertiary/aromatic N) is 3. The number of ether oxygens (including phenoxy) is 1. The molecule has 1 atom stereocenters.